The van der Waals surface area contributed by atoms with E-state index in [9.17, 15) is 9.18 Å². The third-order valence-electron chi connectivity index (χ3n) is 2.55. The highest BCUT2D eigenvalue weighted by Gasteiger charge is 2.28. The minimum Gasteiger partial charge on any atom is -0.496 e. The highest BCUT2D eigenvalue weighted by molar-refractivity contribution is 6.02. The van der Waals surface area contributed by atoms with Crippen LogP contribution in [-0.2, 0) is 6.42 Å². The van der Waals surface area contributed by atoms with Crippen molar-refractivity contribution in [1.82, 2.24) is 0 Å². The number of benzene rings is 1. The van der Waals surface area contributed by atoms with Crippen LogP contribution in [0, 0.1) is 0 Å². The van der Waals surface area contributed by atoms with Gasteiger partial charge in [0, 0.05) is 11.1 Å². The molecule has 0 aliphatic heterocycles. The van der Waals surface area contributed by atoms with Gasteiger partial charge in [-0.05, 0) is 18.9 Å². The summed E-state index contributed by atoms with van der Waals surface area (Å²) in [6, 6.07) is 5.17. The maximum Gasteiger partial charge on any atom is 0.197 e. The van der Waals surface area contributed by atoms with E-state index in [1.807, 2.05) is 0 Å². The maximum absolute atomic E-state index is 13.1. The molecule has 1 aromatic rings. The number of methoxy groups -OCH3 is 1. The Morgan fingerprint density at radius 2 is 2.29 bits per heavy atom. The van der Waals surface area contributed by atoms with Crippen molar-refractivity contribution in [3.8, 4) is 5.75 Å². The molecule has 1 aliphatic carbocycles. The second-order valence-corrected chi connectivity index (χ2v) is 3.36. The first-order valence-corrected chi connectivity index (χ1v) is 4.58. The minimum atomic E-state index is -1.34. The van der Waals surface area contributed by atoms with E-state index in [2.05, 4.69) is 0 Å². The molecule has 14 heavy (non-hydrogen) atoms. The standard InChI is InChI=1S/C11H11FO2/c1-14-10-4-2-3-8-7(10)5-6-9(12)11(8)13/h2-4,9H,5-6H2,1H3/t9-/m0/s1. The molecule has 0 bridgehead atoms. The Bertz CT molecular complexity index is 374. The van der Waals surface area contributed by atoms with Gasteiger partial charge in [0.1, 0.15) is 5.75 Å². The summed E-state index contributed by atoms with van der Waals surface area (Å²) < 4.78 is 18.2. The lowest BCUT2D eigenvalue weighted by Gasteiger charge is -2.19. The lowest BCUT2D eigenvalue weighted by molar-refractivity contribution is 0.0855. The molecule has 0 aromatic heterocycles. The van der Waals surface area contributed by atoms with Crippen molar-refractivity contribution < 1.29 is 13.9 Å². The number of alkyl halides is 1. The largest absolute Gasteiger partial charge is 0.496 e. The molecule has 0 saturated carbocycles. The van der Waals surface area contributed by atoms with Crippen LogP contribution in [0.3, 0.4) is 0 Å². The van der Waals surface area contributed by atoms with Gasteiger partial charge in [0.05, 0.1) is 7.11 Å². The number of ketones is 1. The predicted molar refractivity (Wildman–Crippen MR) is 50.5 cm³/mol. The molecule has 2 nitrogen and oxygen atoms in total. The van der Waals surface area contributed by atoms with Crippen molar-refractivity contribution in [3.05, 3.63) is 29.3 Å². The van der Waals surface area contributed by atoms with Crippen molar-refractivity contribution in [3.63, 3.8) is 0 Å². The highest BCUT2D eigenvalue weighted by Crippen LogP contribution is 2.30. The molecule has 0 spiro atoms. The highest BCUT2D eigenvalue weighted by atomic mass is 19.1. The number of Topliss-reactive ketones (excluding diaryl/α,β-unsaturated/α-hetero) is 1. The van der Waals surface area contributed by atoms with Gasteiger partial charge in [0.25, 0.3) is 0 Å². The zero-order valence-electron chi connectivity index (χ0n) is 7.92. The van der Waals surface area contributed by atoms with Gasteiger partial charge in [-0.15, -0.1) is 0 Å². The van der Waals surface area contributed by atoms with E-state index in [1.165, 1.54) is 0 Å². The minimum absolute atomic E-state index is 0.270. The summed E-state index contributed by atoms with van der Waals surface area (Å²) in [4.78, 5) is 11.5. The Kier molecular flexibility index (Phi) is 2.23. The van der Waals surface area contributed by atoms with Crippen molar-refractivity contribution in [2.24, 2.45) is 0 Å². The van der Waals surface area contributed by atoms with Crippen LogP contribution >= 0.6 is 0 Å². The van der Waals surface area contributed by atoms with Gasteiger partial charge in [-0.25, -0.2) is 4.39 Å². The van der Waals surface area contributed by atoms with Crippen LogP contribution in [0.15, 0.2) is 18.2 Å². The van der Waals surface area contributed by atoms with Gasteiger partial charge in [-0.2, -0.15) is 0 Å². The molecule has 0 heterocycles. The van der Waals surface area contributed by atoms with Crippen LogP contribution in [0.1, 0.15) is 22.3 Å². The molecule has 0 saturated heterocycles. The number of hydrogen-bond acceptors (Lipinski definition) is 2. The maximum atomic E-state index is 13.1. The molecule has 3 heteroatoms. The van der Waals surface area contributed by atoms with Crippen molar-refractivity contribution in [2.45, 2.75) is 19.0 Å². The van der Waals surface area contributed by atoms with E-state index < -0.39 is 12.0 Å². The summed E-state index contributed by atoms with van der Waals surface area (Å²) in [5, 5.41) is 0. The third-order valence-corrected chi connectivity index (χ3v) is 2.55. The van der Waals surface area contributed by atoms with Crippen molar-refractivity contribution in [1.29, 1.82) is 0 Å². The molecule has 1 atom stereocenters. The molecular weight excluding hydrogens is 183 g/mol. The average Bonchev–Trinajstić information content (AvgIpc) is 2.23. The Labute approximate surface area is 81.7 Å². The van der Waals surface area contributed by atoms with Gasteiger partial charge in [-0.3, -0.25) is 4.79 Å². The SMILES string of the molecule is COc1cccc2c1CC[C@H](F)C2=O. The van der Waals surface area contributed by atoms with E-state index in [1.54, 1.807) is 25.3 Å². The molecule has 1 aromatic carbocycles. The summed E-state index contributed by atoms with van der Waals surface area (Å²) in [7, 11) is 1.56. The summed E-state index contributed by atoms with van der Waals surface area (Å²) in [5.41, 5.74) is 1.32. The molecule has 0 fully saturated rings. The van der Waals surface area contributed by atoms with Crippen LogP contribution in [-0.4, -0.2) is 19.1 Å². The Morgan fingerprint density at radius 3 is 3.00 bits per heavy atom. The number of carbonyl (C=O) groups is 1. The fourth-order valence-corrected chi connectivity index (χ4v) is 1.82. The molecule has 74 valence electrons. The average molecular weight is 194 g/mol. The number of ether oxygens (including phenoxy) is 1. The topological polar surface area (TPSA) is 26.3 Å². The van der Waals surface area contributed by atoms with E-state index in [-0.39, 0.29) is 6.42 Å². The summed E-state index contributed by atoms with van der Waals surface area (Å²) in [5.74, 6) is 0.271. The first kappa shape index (κ1) is 9.19. The van der Waals surface area contributed by atoms with Crippen LogP contribution in [0.2, 0.25) is 0 Å². The van der Waals surface area contributed by atoms with Crippen molar-refractivity contribution in [2.75, 3.05) is 7.11 Å². The fourth-order valence-electron chi connectivity index (χ4n) is 1.82. The van der Waals surface area contributed by atoms with Gasteiger partial charge >= 0.3 is 0 Å². The third kappa shape index (κ3) is 1.29. The summed E-state index contributed by atoms with van der Waals surface area (Å²) in [6.45, 7) is 0. The lowest BCUT2D eigenvalue weighted by atomic mass is 9.89. The van der Waals surface area contributed by atoms with E-state index in [4.69, 9.17) is 4.74 Å². The van der Waals surface area contributed by atoms with Crippen LogP contribution in [0.5, 0.6) is 5.75 Å². The lowest BCUT2D eigenvalue weighted by Crippen LogP contribution is -2.23. The summed E-state index contributed by atoms with van der Waals surface area (Å²) >= 11 is 0. The zero-order valence-corrected chi connectivity index (χ0v) is 7.92. The molecule has 0 radical (unpaired) electrons. The van der Waals surface area contributed by atoms with E-state index in [0.29, 0.717) is 17.7 Å². The zero-order chi connectivity index (χ0) is 10.1. The number of hydrogen-bond donors (Lipinski definition) is 0. The fraction of sp³-hybridized carbons (Fsp3) is 0.364. The van der Waals surface area contributed by atoms with E-state index >= 15 is 0 Å². The Morgan fingerprint density at radius 1 is 1.50 bits per heavy atom. The van der Waals surface area contributed by atoms with Gasteiger partial charge < -0.3 is 4.74 Å². The molecule has 2 rings (SSSR count). The predicted octanol–water partition coefficient (Wildman–Crippen LogP) is 2.16. The van der Waals surface area contributed by atoms with Crippen LogP contribution in [0.25, 0.3) is 0 Å². The monoisotopic (exact) mass is 194 g/mol. The molecule has 0 amide bonds. The van der Waals surface area contributed by atoms with E-state index in [0.717, 1.165) is 5.56 Å². The molecule has 0 N–H and O–H groups in total. The van der Waals surface area contributed by atoms with Gasteiger partial charge in [-0.1, -0.05) is 12.1 Å². The van der Waals surface area contributed by atoms with Crippen LogP contribution < -0.4 is 4.74 Å². The second kappa shape index (κ2) is 3.40. The Balaban J connectivity index is 2.52. The van der Waals surface area contributed by atoms with Gasteiger partial charge in [0.2, 0.25) is 0 Å². The second-order valence-electron chi connectivity index (χ2n) is 3.36. The number of halogens is 1. The van der Waals surface area contributed by atoms with Gasteiger partial charge in [0.15, 0.2) is 12.0 Å². The summed E-state index contributed by atoms with van der Waals surface area (Å²) in [6.07, 6.45) is -0.493. The Hall–Kier alpha value is -1.38. The molecular formula is C11H11FO2. The first-order chi connectivity index (χ1) is 6.74. The molecule has 1 aliphatic rings. The number of carbonyl (C=O) groups excluding carboxylic acids is 1. The van der Waals surface area contributed by atoms with Crippen molar-refractivity contribution >= 4 is 5.78 Å². The quantitative estimate of drug-likeness (QED) is 0.684. The van der Waals surface area contributed by atoms with Crippen LogP contribution in [0.4, 0.5) is 4.39 Å². The smallest absolute Gasteiger partial charge is 0.197 e. The first-order valence-electron chi connectivity index (χ1n) is 4.58. The molecule has 0 unspecified atom stereocenters. The normalized spacial score (nSPS) is 20.4. The number of rotatable bonds is 1. The number of fused-ring (bicyclic) bond motifs is 1.